The molecule has 90 valence electrons. The Kier molecular flexibility index (Phi) is 3.22. The molecule has 6 heteroatoms. The molecule has 1 saturated heterocycles. The van der Waals surface area contributed by atoms with Gasteiger partial charge in [0.1, 0.15) is 5.69 Å². The highest BCUT2D eigenvalue weighted by atomic mass is 16.2. The average molecular weight is 234 g/mol. The van der Waals surface area contributed by atoms with Crippen molar-refractivity contribution in [1.82, 2.24) is 15.2 Å². The molecule has 17 heavy (non-hydrogen) atoms. The second-order valence-electron chi connectivity index (χ2n) is 3.76. The predicted molar refractivity (Wildman–Crippen MR) is 62.7 cm³/mol. The monoisotopic (exact) mass is 234 g/mol. The van der Waals surface area contributed by atoms with Gasteiger partial charge in [0.2, 0.25) is 5.91 Å². The lowest BCUT2D eigenvalue weighted by Gasteiger charge is -2.26. The van der Waals surface area contributed by atoms with E-state index in [9.17, 15) is 9.59 Å². The SMILES string of the molecule is CNc1ccnc(C(=O)N2CCNC(=O)C2)c1. The summed E-state index contributed by atoms with van der Waals surface area (Å²) in [5.41, 5.74) is 1.18. The van der Waals surface area contributed by atoms with Crippen LogP contribution in [0.15, 0.2) is 18.3 Å². The Labute approximate surface area is 99.0 Å². The summed E-state index contributed by atoms with van der Waals surface area (Å²) in [4.78, 5) is 28.8. The Hall–Kier alpha value is -2.11. The predicted octanol–water partition coefficient (Wildman–Crippen LogP) is -0.305. The number of carbonyl (C=O) groups excluding carboxylic acids is 2. The maximum absolute atomic E-state index is 12.1. The highest BCUT2D eigenvalue weighted by Gasteiger charge is 2.23. The second kappa shape index (κ2) is 4.82. The van der Waals surface area contributed by atoms with Gasteiger partial charge >= 0.3 is 0 Å². The fourth-order valence-corrected chi connectivity index (χ4v) is 1.68. The van der Waals surface area contributed by atoms with E-state index in [4.69, 9.17) is 0 Å². The molecule has 1 aliphatic rings. The molecule has 0 radical (unpaired) electrons. The molecule has 0 unspecified atom stereocenters. The van der Waals surface area contributed by atoms with Gasteiger partial charge < -0.3 is 15.5 Å². The molecule has 0 aromatic carbocycles. The van der Waals surface area contributed by atoms with Gasteiger partial charge in [0, 0.05) is 32.0 Å². The minimum Gasteiger partial charge on any atom is -0.388 e. The van der Waals surface area contributed by atoms with Gasteiger partial charge in [-0.05, 0) is 12.1 Å². The number of pyridine rings is 1. The zero-order valence-electron chi connectivity index (χ0n) is 9.56. The molecule has 1 aliphatic heterocycles. The van der Waals surface area contributed by atoms with E-state index in [2.05, 4.69) is 15.6 Å². The summed E-state index contributed by atoms with van der Waals surface area (Å²) in [5, 5.41) is 5.62. The van der Waals surface area contributed by atoms with Crippen LogP contribution in [0.4, 0.5) is 5.69 Å². The highest BCUT2D eigenvalue weighted by molar-refractivity contribution is 5.96. The molecule has 0 spiro atoms. The molecule has 2 heterocycles. The molecular weight excluding hydrogens is 220 g/mol. The minimum atomic E-state index is -0.211. The van der Waals surface area contributed by atoms with Crippen molar-refractivity contribution >= 4 is 17.5 Å². The molecule has 2 amide bonds. The van der Waals surface area contributed by atoms with Crippen molar-refractivity contribution in [3.8, 4) is 0 Å². The molecule has 0 atom stereocenters. The molecule has 1 fully saturated rings. The van der Waals surface area contributed by atoms with Crippen molar-refractivity contribution in [2.45, 2.75) is 0 Å². The summed E-state index contributed by atoms with van der Waals surface area (Å²) < 4.78 is 0. The number of anilines is 1. The van der Waals surface area contributed by atoms with E-state index in [-0.39, 0.29) is 18.4 Å². The third-order valence-corrected chi connectivity index (χ3v) is 2.59. The molecule has 0 saturated carbocycles. The fourth-order valence-electron chi connectivity index (χ4n) is 1.68. The summed E-state index contributed by atoms with van der Waals surface area (Å²) >= 11 is 0. The van der Waals surface area contributed by atoms with Crippen LogP contribution in [-0.2, 0) is 4.79 Å². The average Bonchev–Trinajstić information content (AvgIpc) is 2.38. The maximum atomic E-state index is 12.1. The lowest BCUT2D eigenvalue weighted by Crippen LogP contribution is -2.50. The number of rotatable bonds is 2. The lowest BCUT2D eigenvalue weighted by atomic mass is 10.2. The van der Waals surface area contributed by atoms with Crippen LogP contribution < -0.4 is 10.6 Å². The quantitative estimate of drug-likeness (QED) is 0.736. The van der Waals surface area contributed by atoms with Gasteiger partial charge in [0.05, 0.1) is 6.54 Å². The minimum absolute atomic E-state index is 0.101. The zero-order valence-corrected chi connectivity index (χ0v) is 9.56. The van der Waals surface area contributed by atoms with Crippen molar-refractivity contribution in [3.63, 3.8) is 0 Å². The van der Waals surface area contributed by atoms with Gasteiger partial charge in [-0.15, -0.1) is 0 Å². The van der Waals surface area contributed by atoms with E-state index in [1.807, 2.05) is 0 Å². The van der Waals surface area contributed by atoms with Gasteiger partial charge in [0.25, 0.3) is 5.91 Å². The van der Waals surface area contributed by atoms with E-state index in [1.165, 1.54) is 4.90 Å². The summed E-state index contributed by atoms with van der Waals surface area (Å²) in [5.74, 6) is -0.341. The number of hydrogen-bond donors (Lipinski definition) is 2. The number of carbonyl (C=O) groups is 2. The van der Waals surface area contributed by atoms with Crippen LogP contribution in [0.2, 0.25) is 0 Å². The largest absolute Gasteiger partial charge is 0.388 e. The molecule has 2 rings (SSSR count). The van der Waals surface area contributed by atoms with E-state index in [0.717, 1.165) is 5.69 Å². The number of nitrogens with one attached hydrogen (secondary N) is 2. The third-order valence-electron chi connectivity index (χ3n) is 2.59. The van der Waals surface area contributed by atoms with Gasteiger partial charge in [-0.25, -0.2) is 0 Å². The standard InChI is InChI=1S/C11H14N4O2/c1-12-8-2-3-13-9(6-8)11(17)15-5-4-14-10(16)7-15/h2-3,6H,4-5,7H2,1H3,(H,12,13)(H,14,16). The smallest absolute Gasteiger partial charge is 0.273 e. The van der Waals surface area contributed by atoms with Crippen molar-refractivity contribution in [2.75, 3.05) is 32.0 Å². The second-order valence-corrected chi connectivity index (χ2v) is 3.76. The highest BCUT2D eigenvalue weighted by Crippen LogP contribution is 2.09. The Morgan fingerprint density at radius 2 is 2.41 bits per heavy atom. The number of aromatic nitrogens is 1. The Morgan fingerprint density at radius 3 is 3.12 bits per heavy atom. The molecule has 1 aromatic rings. The van der Waals surface area contributed by atoms with Crippen LogP contribution in [0.25, 0.3) is 0 Å². The number of hydrogen-bond acceptors (Lipinski definition) is 4. The first-order valence-corrected chi connectivity index (χ1v) is 5.40. The summed E-state index contributed by atoms with van der Waals surface area (Å²) in [7, 11) is 1.78. The van der Waals surface area contributed by atoms with Crippen LogP contribution in [-0.4, -0.2) is 48.4 Å². The molecule has 6 nitrogen and oxygen atoms in total. The van der Waals surface area contributed by atoms with Gasteiger partial charge in [-0.3, -0.25) is 14.6 Å². The number of nitrogens with zero attached hydrogens (tertiary/aromatic N) is 2. The van der Waals surface area contributed by atoms with Crippen molar-refractivity contribution < 1.29 is 9.59 Å². The van der Waals surface area contributed by atoms with Crippen LogP contribution in [0, 0.1) is 0 Å². The third kappa shape index (κ3) is 2.52. The van der Waals surface area contributed by atoms with Crippen LogP contribution in [0.1, 0.15) is 10.5 Å². The van der Waals surface area contributed by atoms with E-state index < -0.39 is 0 Å². The van der Waals surface area contributed by atoms with Crippen molar-refractivity contribution in [3.05, 3.63) is 24.0 Å². The fraction of sp³-hybridized carbons (Fsp3) is 0.364. The lowest BCUT2D eigenvalue weighted by molar-refractivity contribution is -0.123. The first-order chi connectivity index (χ1) is 8.20. The summed E-state index contributed by atoms with van der Waals surface area (Å²) in [6, 6.07) is 3.45. The van der Waals surface area contributed by atoms with E-state index >= 15 is 0 Å². The number of piperazine rings is 1. The van der Waals surface area contributed by atoms with Crippen LogP contribution >= 0.6 is 0 Å². The maximum Gasteiger partial charge on any atom is 0.273 e. The first kappa shape index (κ1) is 11.4. The Morgan fingerprint density at radius 1 is 1.59 bits per heavy atom. The van der Waals surface area contributed by atoms with Gasteiger partial charge in [-0.1, -0.05) is 0 Å². The molecule has 1 aromatic heterocycles. The summed E-state index contributed by atoms with van der Waals surface area (Å²) in [6.45, 7) is 1.12. The van der Waals surface area contributed by atoms with Crippen LogP contribution in [0.3, 0.4) is 0 Å². The first-order valence-electron chi connectivity index (χ1n) is 5.40. The van der Waals surface area contributed by atoms with E-state index in [1.54, 1.807) is 25.4 Å². The van der Waals surface area contributed by atoms with Crippen LogP contribution in [0.5, 0.6) is 0 Å². The normalized spacial score (nSPS) is 15.4. The topological polar surface area (TPSA) is 74.3 Å². The molecule has 0 bridgehead atoms. The van der Waals surface area contributed by atoms with Gasteiger partial charge in [-0.2, -0.15) is 0 Å². The van der Waals surface area contributed by atoms with Gasteiger partial charge in [0.15, 0.2) is 0 Å². The molecular formula is C11H14N4O2. The Balaban J connectivity index is 2.15. The van der Waals surface area contributed by atoms with Crippen molar-refractivity contribution in [2.24, 2.45) is 0 Å². The molecule has 2 N–H and O–H groups in total. The number of amides is 2. The Bertz CT molecular complexity index is 447. The van der Waals surface area contributed by atoms with Crippen molar-refractivity contribution in [1.29, 1.82) is 0 Å². The van der Waals surface area contributed by atoms with E-state index in [0.29, 0.717) is 18.8 Å². The molecule has 0 aliphatic carbocycles. The summed E-state index contributed by atoms with van der Waals surface area (Å²) in [6.07, 6.45) is 1.57. The zero-order chi connectivity index (χ0) is 12.3.